The summed E-state index contributed by atoms with van der Waals surface area (Å²) in [5, 5.41) is 9.67. The number of carbonyl (C=O) groups is 1. The molecule has 0 radical (unpaired) electrons. The summed E-state index contributed by atoms with van der Waals surface area (Å²) >= 11 is 0. The number of carboxylic acid groups (broad SMARTS) is 1. The lowest BCUT2D eigenvalue weighted by molar-refractivity contribution is -0.139. The lowest BCUT2D eigenvalue weighted by atomic mass is 9.93. The highest BCUT2D eigenvalue weighted by molar-refractivity contribution is 5.79. The van der Waals surface area contributed by atoms with E-state index in [-0.39, 0.29) is 23.4 Å². The van der Waals surface area contributed by atoms with Gasteiger partial charge in [0.25, 0.3) is 0 Å². The van der Waals surface area contributed by atoms with Crippen molar-refractivity contribution in [3.05, 3.63) is 82.9 Å². The van der Waals surface area contributed by atoms with E-state index >= 15 is 0 Å². The first-order valence-corrected chi connectivity index (χ1v) is 11.8. The van der Waals surface area contributed by atoms with Crippen LogP contribution in [0.25, 0.3) is 11.1 Å². The summed E-state index contributed by atoms with van der Waals surface area (Å²) < 4.78 is 11.8. The van der Waals surface area contributed by atoms with Gasteiger partial charge in [-0.2, -0.15) is 0 Å². The van der Waals surface area contributed by atoms with Crippen molar-refractivity contribution in [2.45, 2.75) is 44.1 Å². The SMILES string of the molecule is COc1cccc(-c2ccc3c(c2)CC(Oc2ccc4c(c2)C2(CC4)C(C)C2C(=O)O)C3)c1. The maximum atomic E-state index is 11.8. The molecule has 4 nitrogen and oxygen atoms in total. The van der Waals surface area contributed by atoms with Crippen LogP contribution in [0.4, 0.5) is 0 Å². The number of hydrogen-bond acceptors (Lipinski definition) is 3. The van der Waals surface area contributed by atoms with Gasteiger partial charge in [-0.25, -0.2) is 0 Å². The Bertz CT molecular complexity index is 1260. The standard InChI is InChI=1S/C29H28O4/c1-17-27(28(30)31)29(17)11-10-18-8-9-24(16-26(18)29)33-25-14-21-7-6-20(12-22(21)15-25)19-4-3-5-23(13-19)32-2/h3-9,12-13,16-17,25,27H,10-11,14-15H2,1-2H3,(H,30,31). The molecule has 0 aromatic heterocycles. The van der Waals surface area contributed by atoms with Crippen LogP contribution in [0.3, 0.4) is 0 Å². The Morgan fingerprint density at radius 3 is 2.52 bits per heavy atom. The first-order valence-electron chi connectivity index (χ1n) is 11.8. The smallest absolute Gasteiger partial charge is 0.307 e. The molecule has 0 amide bonds. The normalized spacial score (nSPS) is 26.7. The van der Waals surface area contributed by atoms with Crippen LogP contribution in [0.5, 0.6) is 11.5 Å². The minimum absolute atomic E-state index is 0.0999. The van der Waals surface area contributed by atoms with Crippen molar-refractivity contribution in [1.82, 2.24) is 0 Å². The number of ether oxygens (including phenoxy) is 2. The van der Waals surface area contributed by atoms with Crippen molar-refractivity contribution in [3.63, 3.8) is 0 Å². The van der Waals surface area contributed by atoms with Gasteiger partial charge >= 0.3 is 5.97 Å². The molecule has 33 heavy (non-hydrogen) atoms. The largest absolute Gasteiger partial charge is 0.497 e. The lowest BCUT2D eigenvalue weighted by Gasteiger charge is -2.16. The van der Waals surface area contributed by atoms with Gasteiger partial charge in [0, 0.05) is 18.3 Å². The second kappa shape index (κ2) is 7.38. The molecular formula is C29H28O4. The van der Waals surface area contributed by atoms with Crippen LogP contribution in [0.1, 0.15) is 35.6 Å². The molecule has 168 valence electrons. The average Bonchev–Trinajstić information content (AvgIpc) is 3.09. The second-order valence-electron chi connectivity index (χ2n) is 9.83. The lowest BCUT2D eigenvalue weighted by Crippen LogP contribution is -2.17. The van der Waals surface area contributed by atoms with Gasteiger partial charge in [-0.3, -0.25) is 4.79 Å². The first-order chi connectivity index (χ1) is 16.0. The maximum absolute atomic E-state index is 11.8. The van der Waals surface area contributed by atoms with E-state index in [0.717, 1.165) is 42.7 Å². The zero-order valence-electron chi connectivity index (χ0n) is 19.0. The van der Waals surface area contributed by atoms with Crippen molar-refractivity contribution < 1.29 is 19.4 Å². The molecule has 0 bridgehead atoms. The van der Waals surface area contributed by atoms with Gasteiger partial charge in [-0.1, -0.05) is 43.3 Å². The van der Waals surface area contributed by atoms with Crippen LogP contribution >= 0.6 is 0 Å². The molecule has 3 aliphatic carbocycles. The second-order valence-corrected chi connectivity index (χ2v) is 9.83. The van der Waals surface area contributed by atoms with Crippen molar-refractivity contribution >= 4 is 5.97 Å². The third kappa shape index (κ3) is 3.15. The van der Waals surface area contributed by atoms with Gasteiger partial charge < -0.3 is 14.6 Å². The van der Waals surface area contributed by atoms with Gasteiger partial charge in [-0.05, 0) is 76.4 Å². The number of aliphatic carboxylic acids is 1. The van der Waals surface area contributed by atoms with Crippen LogP contribution < -0.4 is 9.47 Å². The van der Waals surface area contributed by atoms with Crippen molar-refractivity contribution in [2.24, 2.45) is 11.8 Å². The van der Waals surface area contributed by atoms with E-state index in [9.17, 15) is 9.90 Å². The van der Waals surface area contributed by atoms with E-state index in [2.05, 4.69) is 55.5 Å². The zero-order valence-corrected chi connectivity index (χ0v) is 19.0. The molecule has 1 spiro atoms. The van der Waals surface area contributed by atoms with Crippen LogP contribution in [0, 0.1) is 11.8 Å². The number of rotatable bonds is 5. The molecule has 3 aromatic carbocycles. The monoisotopic (exact) mass is 440 g/mol. The van der Waals surface area contributed by atoms with Crippen molar-refractivity contribution in [3.8, 4) is 22.6 Å². The summed E-state index contributed by atoms with van der Waals surface area (Å²) in [4.78, 5) is 11.8. The minimum atomic E-state index is -0.667. The molecule has 1 saturated carbocycles. The number of aryl methyl sites for hydroxylation is 1. The Morgan fingerprint density at radius 2 is 1.73 bits per heavy atom. The molecule has 1 fully saturated rings. The number of carboxylic acids is 1. The summed E-state index contributed by atoms with van der Waals surface area (Å²) in [5.41, 5.74) is 7.31. The van der Waals surface area contributed by atoms with Gasteiger partial charge in [0.05, 0.1) is 13.0 Å². The zero-order chi connectivity index (χ0) is 22.7. The van der Waals surface area contributed by atoms with E-state index in [0.29, 0.717) is 0 Å². The molecule has 4 unspecified atom stereocenters. The summed E-state index contributed by atoms with van der Waals surface area (Å²) in [6.07, 6.45) is 3.77. The molecule has 4 atom stereocenters. The fourth-order valence-corrected chi connectivity index (χ4v) is 6.45. The van der Waals surface area contributed by atoms with E-state index < -0.39 is 5.97 Å². The van der Waals surface area contributed by atoms with Gasteiger partial charge in [0.2, 0.25) is 0 Å². The first kappa shape index (κ1) is 20.3. The molecule has 0 saturated heterocycles. The predicted octanol–water partition coefficient (Wildman–Crippen LogP) is 5.44. The Hall–Kier alpha value is -3.27. The average molecular weight is 441 g/mol. The molecular weight excluding hydrogens is 412 g/mol. The predicted molar refractivity (Wildman–Crippen MR) is 127 cm³/mol. The van der Waals surface area contributed by atoms with Gasteiger partial charge in [0.15, 0.2) is 0 Å². The van der Waals surface area contributed by atoms with E-state index in [1.807, 2.05) is 12.1 Å². The Morgan fingerprint density at radius 1 is 0.939 bits per heavy atom. The fraction of sp³-hybridized carbons (Fsp3) is 0.345. The summed E-state index contributed by atoms with van der Waals surface area (Å²) in [6, 6.07) is 21.2. The summed E-state index contributed by atoms with van der Waals surface area (Å²) in [7, 11) is 1.69. The Kier molecular flexibility index (Phi) is 4.55. The highest BCUT2D eigenvalue weighted by Gasteiger charge is 2.68. The third-order valence-corrected chi connectivity index (χ3v) is 8.22. The number of benzene rings is 3. The number of fused-ring (bicyclic) bond motifs is 3. The van der Waals surface area contributed by atoms with Crippen LogP contribution in [-0.2, 0) is 29.5 Å². The highest BCUT2D eigenvalue weighted by Crippen LogP contribution is 2.66. The molecule has 0 heterocycles. The number of hydrogen-bond donors (Lipinski definition) is 1. The molecule has 6 rings (SSSR count). The molecule has 0 aliphatic heterocycles. The fourth-order valence-electron chi connectivity index (χ4n) is 6.45. The molecule has 4 heteroatoms. The van der Waals surface area contributed by atoms with E-state index in [4.69, 9.17) is 9.47 Å². The Labute approximate surface area is 194 Å². The van der Waals surface area contributed by atoms with Gasteiger partial charge in [-0.15, -0.1) is 0 Å². The van der Waals surface area contributed by atoms with E-state index in [1.54, 1.807) is 7.11 Å². The van der Waals surface area contributed by atoms with Crippen molar-refractivity contribution in [1.29, 1.82) is 0 Å². The Balaban J connectivity index is 1.21. The quantitative estimate of drug-likeness (QED) is 0.574. The van der Waals surface area contributed by atoms with Gasteiger partial charge in [0.1, 0.15) is 17.6 Å². The summed E-state index contributed by atoms with van der Waals surface area (Å²) in [5.74, 6) is 0.986. The third-order valence-electron chi connectivity index (χ3n) is 8.22. The molecule has 1 N–H and O–H groups in total. The maximum Gasteiger partial charge on any atom is 0.307 e. The minimum Gasteiger partial charge on any atom is -0.497 e. The topological polar surface area (TPSA) is 55.8 Å². The molecule has 3 aliphatic rings. The van der Waals surface area contributed by atoms with Crippen LogP contribution in [-0.4, -0.2) is 24.3 Å². The number of methoxy groups -OCH3 is 1. The van der Waals surface area contributed by atoms with Crippen LogP contribution in [0.2, 0.25) is 0 Å². The highest BCUT2D eigenvalue weighted by atomic mass is 16.5. The van der Waals surface area contributed by atoms with Crippen molar-refractivity contribution in [2.75, 3.05) is 7.11 Å². The van der Waals surface area contributed by atoms with Crippen LogP contribution in [0.15, 0.2) is 60.7 Å². The molecule has 3 aromatic rings. The summed E-state index contributed by atoms with van der Waals surface area (Å²) in [6.45, 7) is 2.08. The van der Waals surface area contributed by atoms with E-state index in [1.165, 1.54) is 27.8 Å².